The molecule has 114 valence electrons. The number of benzene rings is 1. The minimum Gasteiger partial charge on any atom is -0.491 e. The maximum atomic E-state index is 12.3. The van der Waals surface area contributed by atoms with Crippen LogP contribution < -0.4 is 15.8 Å². The molecule has 0 heterocycles. The molecule has 1 saturated carbocycles. The molecular weight excluding hydrogens is 270 g/mol. The summed E-state index contributed by atoms with van der Waals surface area (Å²) in [5.74, 6) is 0.678. The maximum Gasteiger partial charge on any atom is 0.252 e. The van der Waals surface area contributed by atoms with Crippen LogP contribution in [-0.2, 0) is 0 Å². The molecule has 0 saturated heterocycles. The van der Waals surface area contributed by atoms with Gasteiger partial charge in [0.25, 0.3) is 5.91 Å². The summed E-state index contributed by atoms with van der Waals surface area (Å²) in [7, 11) is 0. The third-order valence-electron chi connectivity index (χ3n) is 3.28. The summed E-state index contributed by atoms with van der Waals surface area (Å²) in [6, 6.07) is 6.54. The Morgan fingerprint density at radius 3 is 2.76 bits per heavy atom. The second-order valence-electron chi connectivity index (χ2n) is 5.51. The average molecular weight is 291 g/mol. The Balaban J connectivity index is 2.08. The van der Waals surface area contributed by atoms with Gasteiger partial charge in [0, 0.05) is 5.56 Å². The van der Waals surface area contributed by atoms with Gasteiger partial charge in [-0.15, -0.1) is 0 Å². The molecule has 1 amide bonds. The molecule has 0 radical (unpaired) electrons. The molecule has 21 heavy (non-hydrogen) atoms. The summed E-state index contributed by atoms with van der Waals surface area (Å²) in [4.78, 5) is 12.3. The average Bonchev–Trinajstić information content (AvgIpc) is 3.27. The van der Waals surface area contributed by atoms with E-state index in [1.54, 1.807) is 24.3 Å². The monoisotopic (exact) mass is 291 g/mol. The molecule has 6 heteroatoms. The van der Waals surface area contributed by atoms with Crippen molar-refractivity contribution < 1.29 is 14.7 Å². The number of hydrogen-bond donors (Lipinski definition) is 3. The zero-order chi connectivity index (χ0) is 15.4. The number of carbonyl (C=O) groups is 1. The third-order valence-corrected chi connectivity index (χ3v) is 3.28. The Hall–Kier alpha value is -2.24. The van der Waals surface area contributed by atoms with Crippen molar-refractivity contribution >= 4 is 11.7 Å². The second kappa shape index (κ2) is 6.47. The summed E-state index contributed by atoms with van der Waals surface area (Å²) >= 11 is 0. The first kappa shape index (κ1) is 15.2. The molecule has 6 nitrogen and oxygen atoms in total. The van der Waals surface area contributed by atoms with E-state index in [0.717, 1.165) is 12.8 Å². The maximum absolute atomic E-state index is 12.3. The highest BCUT2D eigenvalue weighted by Gasteiger charge is 2.35. The van der Waals surface area contributed by atoms with Gasteiger partial charge in [-0.1, -0.05) is 11.2 Å². The number of carbonyl (C=O) groups excluding carboxylic acids is 1. The third kappa shape index (κ3) is 4.11. The Labute approximate surface area is 124 Å². The van der Waals surface area contributed by atoms with Crippen LogP contribution in [0.15, 0.2) is 29.4 Å². The quantitative estimate of drug-likeness (QED) is 0.322. The topological polar surface area (TPSA) is 96.9 Å². The summed E-state index contributed by atoms with van der Waals surface area (Å²) < 4.78 is 5.57. The zero-order valence-electron chi connectivity index (χ0n) is 12.2. The Morgan fingerprint density at radius 1 is 1.48 bits per heavy atom. The number of hydrogen-bond acceptors (Lipinski definition) is 4. The fraction of sp³-hybridized carbons (Fsp3) is 0.467. The molecule has 0 aliphatic heterocycles. The van der Waals surface area contributed by atoms with Gasteiger partial charge in [0.05, 0.1) is 12.1 Å². The molecule has 1 aromatic carbocycles. The standard InChI is InChI=1S/C15H21N3O3/c1-9(2)21-12-5-3-4-11(8-12)15(19)17-13(10-6-7-10)14(16)18-20/h3-5,8-10,13,20H,6-7H2,1-2H3,(H2,16,18)(H,17,19). The molecule has 1 aliphatic rings. The van der Waals surface area contributed by atoms with Gasteiger partial charge in [0.2, 0.25) is 0 Å². The van der Waals surface area contributed by atoms with Gasteiger partial charge < -0.3 is 21.0 Å². The van der Waals surface area contributed by atoms with Crippen molar-refractivity contribution in [2.75, 3.05) is 0 Å². The van der Waals surface area contributed by atoms with E-state index in [1.807, 2.05) is 13.8 Å². The molecular formula is C15H21N3O3. The highest BCUT2D eigenvalue weighted by molar-refractivity contribution is 5.98. The predicted molar refractivity (Wildman–Crippen MR) is 79.6 cm³/mol. The van der Waals surface area contributed by atoms with Crippen LogP contribution in [0, 0.1) is 5.92 Å². The van der Waals surface area contributed by atoms with Crippen LogP contribution in [0.1, 0.15) is 37.0 Å². The van der Waals surface area contributed by atoms with E-state index in [1.165, 1.54) is 0 Å². The number of amidine groups is 1. The highest BCUT2D eigenvalue weighted by atomic mass is 16.5. The number of nitrogens with zero attached hydrogens (tertiary/aromatic N) is 1. The van der Waals surface area contributed by atoms with Crippen molar-refractivity contribution in [2.45, 2.75) is 38.8 Å². The van der Waals surface area contributed by atoms with Crippen molar-refractivity contribution in [2.24, 2.45) is 16.8 Å². The minimum absolute atomic E-state index is 0.0414. The lowest BCUT2D eigenvalue weighted by atomic mass is 10.1. The largest absolute Gasteiger partial charge is 0.491 e. The Morgan fingerprint density at radius 2 is 2.19 bits per heavy atom. The summed E-state index contributed by atoms with van der Waals surface area (Å²) in [6.07, 6.45) is 1.98. The fourth-order valence-corrected chi connectivity index (χ4v) is 2.13. The summed E-state index contributed by atoms with van der Waals surface area (Å²) in [5.41, 5.74) is 6.13. The minimum atomic E-state index is -0.419. The van der Waals surface area contributed by atoms with Crippen LogP contribution in [0.25, 0.3) is 0 Å². The normalized spacial score (nSPS) is 16.6. The number of oxime groups is 1. The number of amides is 1. The predicted octanol–water partition coefficient (Wildman–Crippen LogP) is 1.73. The highest BCUT2D eigenvalue weighted by Crippen LogP contribution is 2.33. The Bertz CT molecular complexity index is 539. The van der Waals surface area contributed by atoms with Gasteiger partial charge in [-0.3, -0.25) is 4.79 Å². The van der Waals surface area contributed by atoms with Gasteiger partial charge in [-0.25, -0.2) is 0 Å². The number of ether oxygens (including phenoxy) is 1. The van der Waals surface area contributed by atoms with Gasteiger partial charge in [-0.05, 0) is 50.8 Å². The first-order valence-electron chi connectivity index (χ1n) is 7.06. The number of rotatable bonds is 6. The first-order valence-corrected chi connectivity index (χ1v) is 7.06. The van der Waals surface area contributed by atoms with Crippen molar-refractivity contribution in [3.63, 3.8) is 0 Å². The SMILES string of the molecule is CC(C)Oc1cccc(C(=O)NC(C(N)=NO)C2CC2)c1. The van der Waals surface area contributed by atoms with Crippen molar-refractivity contribution in [1.82, 2.24) is 5.32 Å². The van der Waals surface area contributed by atoms with Gasteiger partial charge >= 0.3 is 0 Å². The van der Waals surface area contributed by atoms with Crippen LogP contribution >= 0.6 is 0 Å². The molecule has 1 atom stereocenters. The molecule has 1 aliphatic carbocycles. The molecule has 0 bridgehead atoms. The van der Waals surface area contributed by atoms with Crippen LogP contribution in [0.3, 0.4) is 0 Å². The van der Waals surface area contributed by atoms with E-state index in [0.29, 0.717) is 11.3 Å². The molecule has 2 rings (SSSR count). The smallest absolute Gasteiger partial charge is 0.252 e. The van der Waals surface area contributed by atoms with E-state index < -0.39 is 6.04 Å². The van der Waals surface area contributed by atoms with Crippen molar-refractivity contribution in [1.29, 1.82) is 0 Å². The lowest BCUT2D eigenvalue weighted by molar-refractivity contribution is 0.0942. The van der Waals surface area contributed by atoms with Gasteiger partial charge in [0.1, 0.15) is 5.75 Å². The molecule has 1 unspecified atom stereocenters. The lowest BCUT2D eigenvalue weighted by Crippen LogP contribution is -2.46. The van der Waals surface area contributed by atoms with Crippen molar-refractivity contribution in [3.05, 3.63) is 29.8 Å². The molecule has 0 spiro atoms. The van der Waals surface area contributed by atoms with Crippen LogP contribution in [-0.4, -0.2) is 29.1 Å². The summed E-state index contributed by atoms with van der Waals surface area (Å²) in [6.45, 7) is 3.85. The van der Waals surface area contributed by atoms with E-state index >= 15 is 0 Å². The molecule has 1 fully saturated rings. The van der Waals surface area contributed by atoms with E-state index in [2.05, 4.69) is 10.5 Å². The molecule has 4 N–H and O–H groups in total. The van der Waals surface area contributed by atoms with E-state index in [4.69, 9.17) is 15.7 Å². The van der Waals surface area contributed by atoms with Crippen LogP contribution in [0.5, 0.6) is 5.75 Å². The Kier molecular flexibility index (Phi) is 4.67. The lowest BCUT2D eigenvalue weighted by Gasteiger charge is -2.17. The zero-order valence-corrected chi connectivity index (χ0v) is 12.2. The van der Waals surface area contributed by atoms with Crippen LogP contribution in [0.2, 0.25) is 0 Å². The number of nitrogens with two attached hydrogens (primary N) is 1. The van der Waals surface area contributed by atoms with E-state index in [-0.39, 0.29) is 23.8 Å². The fourth-order valence-electron chi connectivity index (χ4n) is 2.13. The van der Waals surface area contributed by atoms with Gasteiger partial charge in [0.15, 0.2) is 5.84 Å². The van der Waals surface area contributed by atoms with Crippen LogP contribution in [0.4, 0.5) is 0 Å². The molecule has 0 aromatic heterocycles. The van der Waals surface area contributed by atoms with Gasteiger partial charge in [-0.2, -0.15) is 0 Å². The number of nitrogens with one attached hydrogen (secondary N) is 1. The summed E-state index contributed by atoms with van der Waals surface area (Å²) in [5, 5.41) is 14.6. The first-order chi connectivity index (χ1) is 10.0. The molecule has 1 aromatic rings. The van der Waals surface area contributed by atoms with E-state index in [9.17, 15) is 4.79 Å². The second-order valence-corrected chi connectivity index (χ2v) is 5.51. The van der Waals surface area contributed by atoms with Crippen molar-refractivity contribution in [3.8, 4) is 5.75 Å².